The predicted octanol–water partition coefficient (Wildman–Crippen LogP) is 5.04. The summed E-state index contributed by atoms with van der Waals surface area (Å²) in [5.41, 5.74) is 3.11. The van der Waals surface area contributed by atoms with Crippen molar-refractivity contribution in [2.24, 2.45) is 5.92 Å². The Kier molecular flexibility index (Phi) is 7.90. The maximum atomic E-state index is 13.2. The molecule has 35 heavy (non-hydrogen) atoms. The van der Waals surface area contributed by atoms with Crippen LogP contribution in [0.4, 0.5) is 5.00 Å². The number of allylic oxidation sites excluding steroid dienone is 2. The van der Waals surface area contributed by atoms with E-state index in [2.05, 4.69) is 5.32 Å². The first-order valence-electron chi connectivity index (χ1n) is 12.1. The molecule has 4 rings (SSSR count). The lowest BCUT2D eigenvalue weighted by molar-refractivity contribution is -0.151. The molecule has 0 bridgehead atoms. The number of methoxy groups -OCH3 is 1. The van der Waals surface area contributed by atoms with Crippen LogP contribution in [0.1, 0.15) is 65.4 Å². The Bertz CT molecular complexity index is 1150. The highest BCUT2D eigenvalue weighted by Crippen LogP contribution is 2.42. The Labute approximate surface area is 209 Å². The van der Waals surface area contributed by atoms with E-state index in [1.165, 1.54) is 11.0 Å². The molecule has 1 aromatic carbocycles. The second-order valence-electron chi connectivity index (χ2n) is 8.65. The topological polar surface area (TPSA) is 90.9 Å². The molecule has 2 aliphatic rings. The number of aryl methyl sites for hydroxylation is 1. The van der Waals surface area contributed by atoms with Crippen LogP contribution in [0.25, 0.3) is 0 Å². The van der Waals surface area contributed by atoms with Gasteiger partial charge in [-0.3, -0.25) is 9.59 Å². The third kappa shape index (κ3) is 5.27. The molecule has 0 fully saturated rings. The number of ketones is 1. The Morgan fingerprint density at radius 3 is 2.63 bits per heavy atom. The normalized spacial score (nSPS) is 19.4. The first-order chi connectivity index (χ1) is 17.0. The number of ether oxygens (including phenoxy) is 3. The van der Waals surface area contributed by atoms with Crippen molar-refractivity contribution in [1.82, 2.24) is 0 Å². The largest absolute Gasteiger partial charge is 0.497 e. The number of thiophene rings is 1. The molecule has 0 aliphatic heterocycles. The maximum absolute atomic E-state index is 13.2. The summed E-state index contributed by atoms with van der Waals surface area (Å²) in [4.78, 5) is 40.1. The number of anilines is 1. The highest BCUT2D eigenvalue weighted by atomic mass is 32.1. The molecule has 0 amide bonds. The highest BCUT2D eigenvalue weighted by molar-refractivity contribution is 7.16. The summed E-state index contributed by atoms with van der Waals surface area (Å²) in [6.45, 7) is 4.01. The lowest BCUT2D eigenvalue weighted by atomic mass is 9.76. The number of carbonyl (C=O) groups is 3. The fraction of sp³-hybridized carbons (Fsp3) is 0.444. The quantitative estimate of drug-likeness (QED) is 0.403. The second kappa shape index (κ2) is 11.1. The molecule has 0 radical (unpaired) electrons. The number of rotatable bonds is 8. The average Bonchev–Trinajstić information content (AvgIpc) is 3.21. The van der Waals surface area contributed by atoms with Crippen LogP contribution < -0.4 is 10.1 Å². The van der Waals surface area contributed by atoms with Gasteiger partial charge in [-0.15, -0.1) is 11.3 Å². The zero-order valence-electron chi connectivity index (χ0n) is 20.3. The lowest BCUT2D eigenvalue weighted by Crippen LogP contribution is -2.35. The zero-order valence-corrected chi connectivity index (χ0v) is 21.2. The van der Waals surface area contributed by atoms with E-state index in [-0.39, 0.29) is 18.4 Å². The maximum Gasteiger partial charge on any atom is 0.341 e. The summed E-state index contributed by atoms with van der Waals surface area (Å²) in [5.74, 6) is -1.90. The lowest BCUT2D eigenvalue weighted by Gasteiger charge is -2.30. The third-order valence-electron chi connectivity index (χ3n) is 6.45. The molecule has 2 aromatic rings. The highest BCUT2D eigenvalue weighted by Gasteiger charge is 2.40. The molecule has 0 unspecified atom stereocenters. The van der Waals surface area contributed by atoms with Gasteiger partial charge in [-0.05, 0) is 69.2 Å². The smallest absolute Gasteiger partial charge is 0.341 e. The van der Waals surface area contributed by atoms with E-state index in [4.69, 9.17) is 14.2 Å². The summed E-state index contributed by atoms with van der Waals surface area (Å²) < 4.78 is 16.0. The van der Waals surface area contributed by atoms with Crippen molar-refractivity contribution in [3.63, 3.8) is 0 Å². The third-order valence-corrected chi connectivity index (χ3v) is 7.66. The van der Waals surface area contributed by atoms with Gasteiger partial charge in [0.1, 0.15) is 16.7 Å². The average molecular weight is 498 g/mol. The standard InChI is InChI=1S/C27H31NO6S/c1-4-33-26(30)23-20(16-9-8-10-18(13-16)32-3)14-17(15-21(23)29)28-25-24(27(31)34-5-2)19-11-6-7-12-22(19)35-25/h8-10,13,15,20,23,28H,4-7,11-12,14H2,1-3H3/t20-,23+/m0/s1. The van der Waals surface area contributed by atoms with E-state index in [0.29, 0.717) is 35.0 Å². The fourth-order valence-corrected chi connectivity index (χ4v) is 6.19. The van der Waals surface area contributed by atoms with Crippen molar-refractivity contribution in [2.75, 3.05) is 25.6 Å². The van der Waals surface area contributed by atoms with Gasteiger partial charge in [-0.1, -0.05) is 12.1 Å². The molecule has 186 valence electrons. The molecule has 7 nitrogen and oxygen atoms in total. The SMILES string of the molecule is CCOC(=O)c1c(NC2=CC(=O)[C@H](C(=O)OCC)[C@H](c3cccc(OC)c3)C2)sc2c1CCCC2. The Balaban J connectivity index is 1.70. The van der Waals surface area contributed by atoms with Crippen LogP contribution in [0, 0.1) is 5.92 Å². The van der Waals surface area contributed by atoms with Crippen LogP contribution in [-0.2, 0) is 31.9 Å². The molecular weight excluding hydrogens is 466 g/mol. The van der Waals surface area contributed by atoms with E-state index in [0.717, 1.165) is 36.8 Å². The minimum atomic E-state index is -0.936. The zero-order chi connectivity index (χ0) is 24.9. The minimum Gasteiger partial charge on any atom is -0.497 e. The van der Waals surface area contributed by atoms with Crippen LogP contribution in [-0.4, -0.2) is 38.0 Å². The molecule has 2 aliphatic carbocycles. The summed E-state index contributed by atoms with van der Waals surface area (Å²) >= 11 is 1.55. The predicted molar refractivity (Wildman–Crippen MR) is 134 cm³/mol. The summed E-state index contributed by atoms with van der Waals surface area (Å²) in [7, 11) is 1.58. The van der Waals surface area contributed by atoms with Gasteiger partial charge < -0.3 is 19.5 Å². The van der Waals surface area contributed by atoms with E-state index in [1.807, 2.05) is 24.3 Å². The first kappa shape index (κ1) is 25.0. The number of benzene rings is 1. The molecule has 2 atom stereocenters. The van der Waals surface area contributed by atoms with Crippen LogP contribution in [0.5, 0.6) is 5.75 Å². The fourth-order valence-electron chi connectivity index (χ4n) is 4.87. The Morgan fingerprint density at radius 1 is 1.11 bits per heavy atom. The number of carbonyl (C=O) groups excluding carboxylic acids is 3. The molecule has 1 aromatic heterocycles. The second-order valence-corrected chi connectivity index (χ2v) is 9.75. The van der Waals surface area contributed by atoms with Gasteiger partial charge in [0, 0.05) is 22.6 Å². The van der Waals surface area contributed by atoms with Gasteiger partial charge in [0.15, 0.2) is 5.78 Å². The number of hydrogen-bond donors (Lipinski definition) is 1. The Hall–Kier alpha value is -3.13. The van der Waals surface area contributed by atoms with Gasteiger partial charge in [0.05, 0.1) is 25.9 Å². The van der Waals surface area contributed by atoms with Gasteiger partial charge in [-0.25, -0.2) is 4.79 Å². The molecule has 0 saturated carbocycles. The van der Waals surface area contributed by atoms with Crippen molar-refractivity contribution >= 4 is 34.1 Å². The minimum absolute atomic E-state index is 0.200. The van der Waals surface area contributed by atoms with E-state index >= 15 is 0 Å². The number of esters is 2. The molecule has 8 heteroatoms. The van der Waals surface area contributed by atoms with Crippen LogP contribution >= 0.6 is 11.3 Å². The van der Waals surface area contributed by atoms with Crippen molar-refractivity contribution in [3.8, 4) is 5.75 Å². The van der Waals surface area contributed by atoms with Crippen LogP contribution in [0.3, 0.4) is 0 Å². The van der Waals surface area contributed by atoms with Crippen molar-refractivity contribution in [1.29, 1.82) is 0 Å². The number of hydrogen-bond acceptors (Lipinski definition) is 8. The van der Waals surface area contributed by atoms with Crippen molar-refractivity contribution < 1.29 is 28.6 Å². The molecular formula is C27H31NO6S. The van der Waals surface area contributed by atoms with Gasteiger partial charge >= 0.3 is 11.9 Å². The Morgan fingerprint density at radius 2 is 1.89 bits per heavy atom. The molecule has 1 heterocycles. The van der Waals surface area contributed by atoms with Crippen molar-refractivity contribution in [3.05, 3.63) is 57.6 Å². The van der Waals surface area contributed by atoms with Crippen LogP contribution in [0.2, 0.25) is 0 Å². The molecule has 0 saturated heterocycles. The van der Waals surface area contributed by atoms with E-state index in [9.17, 15) is 14.4 Å². The summed E-state index contributed by atoms with van der Waals surface area (Å²) in [6, 6.07) is 7.41. The monoisotopic (exact) mass is 497 g/mol. The first-order valence-corrected chi connectivity index (χ1v) is 12.9. The summed E-state index contributed by atoms with van der Waals surface area (Å²) in [5, 5.41) is 4.07. The van der Waals surface area contributed by atoms with E-state index < -0.39 is 17.8 Å². The van der Waals surface area contributed by atoms with Gasteiger partial charge in [-0.2, -0.15) is 0 Å². The van der Waals surface area contributed by atoms with E-state index in [1.54, 1.807) is 32.3 Å². The summed E-state index contributed by atoms with van der Waals surface area (Å²) in [6.07, 6.45) is 5.80. The van der Waals surface area contributed by atoms with Crippen LogP contribution in [0.15, 0.2) is 36.0 Å². The van der Waals surface area contributed by atoms with Crippen molar-refractivity contribution in [2.45, 2.75) is 51.9 Å². The van der Waals surface area contributed by atoms with Gasteiger partial charge in [0.25, 0.3) is 0 Å². The van der Waals surface area contributed by atoms with Gasteiger partial charge in [0.2, 0.25) is 0 Å². The number of fused-ring (bicyclic) bond motifs is 1. The molecule has 0 spiro atoms. The number of nitrogens with one attached hydrogen (secondary N) is 1. The molecule has 1 N–H and O–H groups in total.